The number of ether oxygens (including phenoxy) is 2. The van der Waals surface area contributed by atoms with Crippen molar-refractivity contribution < 1.29 is 14.3 Å². The second-order valence-corrected chi connectivity index (χ2v) is 6.08. The summed E-state index contributed by atoms with van der Waals surface area (Å²) in [6.45, 7) is 5.41. The molecule has 1 aliphatic heterocycles. The second-order valence-electron chi connectivity index (χ2n) is 6.08. The Bertz CT molecular complexity index is 700. The number of aromatic nitrogens is 2. The fourth-order valence-corrected chi connectivity index (χ4v) is 2.24. The van der Waals surface area contributed by atoms with Gasteiger partial charge in [0.2, 0.25) is 0 Å². The van der Waals surface area contributed by atoms with Gasteiger partial charge in [-0.25, -0.2) is 9.97 Å². The maximum atomic E-state index is 12.5. The van der Waals surface area contributed by atoms with Gasteiger partial charge >= 0.3 is 0 Å². The van der Waals surface area contributed by atoms with Crippen molar-refractivity contribution >= 4 is 5.91 Å². The maximum absolute atomic E-state index is 12.5. The number of nitrogens with zero attached hydrogens (tertiary/aromatic N) is 2. The number of rotatable bonds is 6. The van der Waals surface area contributed by atoms with Crippen LogP contribution < -0.4 is 10.1 Å². The van der Waals surface area contributed by atoms with Crippen LogP contribution in [0.25, 0.3) is 0 Å². The number of hydrogen-bond acceptors (Lipinski definition) is 5. The minimum Gasteiger partial charge on any atom is -0.485 e. The first-order chi connectivity index (χ1) is 11.6. The van der Waals surface area contributed by atoms with Crippen LogP contribution >= 0.6 is 0 Å². The number of hydrogen-bond donors (Lipinski definition) is 1. The quantitative estimate of drug-likeness (QED) is 0.881. The molecule has 1 amide bonds. The highest BCUT2D eigenvalue weighted by molar-refractivity contribution is 5.95. The zero-order valence-electron chi connectivity index (χ0n) is 13.9. The molecule has 0 aliphatic carbocycles. The third kappa shape index (κ3) is 3.89. The third-order valence-corrected chi connectivity index (χ3v) is 3.72. The van der Waals surface area contributed by atoms with Gasteiger partial charge in [0.1, 0.15) is 12.4 Å². The zero-order valence-corrected chi connectivity index (χ0v) is 13.9. The molecule has 0 radical (unpaired) electrons. The molecule has 1 fully saturated rings. The molecule has 126 valence electrons. The van der Waals surface area contributed by atoms with E-state index in [1.807, 2.05) is 44.2 Å². The molecule has 2 heterocycles. The topological polar surface area (TPSA) is 73.3 Å². The average molecular weight is 327 g/mol. The van der Waals surface area contributed by atoms with E-state index in [0.29, 0.717) is 31.4 Å². The lowest BCUT2D eigenvalue weighted by atomic mass is 10.2. The summed E-state index contributed by atoms with van der Waals surface area (Å²) < 4.78 is 10.9. The van der Waals surface area contributed by atoms with Crippen LogP contribution in [0.3, 0.4) is 0 Å². The van der Waals surface area contributed by atoms with Crippen LogP contribution in [-0.4, -0.2) is 35.1 Å². The molecule has 6 nitrogen and oxygen atoms in total. The predicted octanol–water partition coefficient (Wildman–Crippen LogP) is 2.31. The molecule has 1 N–H and O–H groups in total. The van der Waals surface area contributed by atoms with Crippen molar-refractivity contribution in [3.8, 4) is 5.75 Å². The van der Waals surface area contributed by atoms with E-state index in [4.69, 9.17) is 9.47 Å². The lowest BCUT2D eigenvalue weighted by molar-refractivity contribution is -0.00362. The number of carbonyl (C=O) groups is 1. The molecule has 0 saturated carbocycles. The Hall–Kier alpha value is -2.47. The first-order valence-electron chi connectivity index (χ1n) is 8.05. The van der Waals surface area contributed by atoms with E-state index in [-0.39, 0.29) is 23.6 Å². The van der Waals surface area contributed by atoms with Gasteiger partial charge < -0.3 is 14.8 Å². The van der Waals surface area contributed by atoms with Crippen molar-refractivity contribution in [1.82, 2.24) is 15.3 Å². The van der Waals surface area contributed by atoms with E-state index in [1.54, 1.807) is 6.20 Å². The van der Waals surface area contributed by atoms with Gasteiger partial charge in [-0.05, 0) is 5.56 Å². The minimum atomic E-state index is -0.254. The number of amides is 1. The first-order valence-corrected chi connectivity index (χ1v) is 8.05. The van der Waals surface area contributed by atoms with E-state index >= 15 is 0 Å². The van der Waals surface area contributed by atoms with Crippen LogP contribution in [-0.2, 0) is 11.3 Å². The number of benzene rings is 1. The molecule has 24 heavy (non-hydrogen) atoms. The minimum absolute atomic E-state index is 0.0388. The van der Waals surface area contributed by atoms with Gasteiger partial charge in [-0.15, -0.1) is 0 Å². The van der Waals surface area contributed by atoms with Gasteiger partial charge in [-0.1, -0.05) is 44.2 Å². The Kier molecular flexibility index (Phi) is 5.05. The molecule has 3 rings (SSSR count). The summed E-state index contributed by atoms with van der Waals surface area (Å²) in [6, 6.07) is 9.81. The molecule has 0 unspecified atom stereocenters. The van der Waals surface area contributed by atoms with Gasteiger partial charge in [0.25, 0.3) is 5.91 Å². The SMILES string of the molecule is CC(C)c1ncc(OCc2ccccc2)c(C(=O)NC2COC2)n1. The largest absolute Gasteiger partial charge is 0.485 e. The van der Waals surface area contributed by atoms with Crippen molar-refractivity contribution in [2.45, 2.75) is 32.4 Å². The smallest absolute Gasteiger partial charge is 0.274 e. The molecule has 0 bridgehead atoms. The molecule has 0 atom stereocenters. The van der Waals surface area contributed by atoms with Crippen molar-refractivity contribution in [3.63, 3.8) is 0 Å². The predicted molar refractivity (Wildman–Crippen MR) is 89.0 cm³/mol. The number of nitrogens with one attached hydrogen (secondary N) is 1. The zero-order chi connectivity index (χ0) is 16.9. The molecule has 1 aromatic heterocycles. The van der Waals surface area contributed by atoms with Gasteiger partial charge in [-0.2, -0.15) is 0 Å². The van der Waals surface area contributed by atoms with Crippen molar-refractivity contribution in [3.05, 3.63) is 53.6 Å². The Morgan fingerprint density at radius 3 is 2.71 bits per heavy atom. The van der Waals surface area contributed by atoms with Crippen LogP contribution in [0.4, 0.5) is 0 Å². The van der Waals surface area contributed by atoms with Crippen molar-refractivity contribution in [2.75, 3.05) is 13.2 Å². The van der Waals surface area contributed by atoms with E-state index in [9.17, 15) is 4.79 Å². The van der Waals surface area contributed by atoms with Gasteiger partial charge in [0.15, 0.2) is 11.4 Å². The standard InChI is InChI=1S/C18H21N3O3/c1-12(2)17-19-8-15(24-9-13-6-4-3-5-7-13)16(21-17)18(22)20-14-10-23-11-14/h3-8,12,14H,9-11H2,1-2H3,(H,20,22). The Morgan fingerprint density at radius 1 is 1.33 bits per heavy atom. The highest BCUT2D eigenvalue weighted by atomic mass is 16.5. The maximum Gasteiger partial charge on any atom is 0.274 e. The second kappa shape index (κ2) is 7.40. The van der Waals surface area contributed by atoms with Crippen LogP contribution in [0.5, 0.6) is 5.75 Å². The normalized spacial score (nSPS) is 14.3. The first kappa shape index (κ1) is 16.4. The van der Waals surface area contributed by atoms with Gasteiger partial charge in [0.05, 0.1) is 25.5 Å². The summed E-state index contributed by atoms with van der Waals surface area (Å²) in [5.41, 5.74) is 1.29. The Labute approximate surface area is 141 Å². The van der Waals surface area contributed by atoms with Crippen LogP contribution in [0, 0.1) is 0 Å². The molecule has 1 aromatic carbocycles. The lowest BCUT2D eigenvalue weighted by Crippen LogP contribution is -2.48. The molecular weight excluding hydrogens is 306 g/mol. The van der Waals surface area contributed by atoms with E-state index in [2.05, 4.69) is 15.3 Å². The average Bonchev–Trinajstić information content (AvgIpc) is 2.56. The summed E-state index contributed by atoms with van der Waals surface area (Å²) in [5, 5.41) is 2.90. The summed E-state index contributed by atoms with van der Waals surface area (Å²) in [4.78, 5) is 21.2. The Morgan fingerprint density at radius 2 is 2.08 bits per heavy atom. The van der Waals surface area contributed by atoms with E-state index in [1.165, 1.54) is 0 Å². The number of carbonyl (C=O) groups excluding carboxylic acids is 1. The summed E-state index contributed by atoms with van der Waals surface area (Å²) in [7, 11) is 0. The summed E-state index contributed by atoms with van der Waals surface area (Å²) in [6.07, 6.45) is 1.58. The summed E-state index contributed by atoms with van der Waals surface area (Å²) in [5.74, 6) is 0.889. The highest BCUT2D eigenvalue weighted by Crippen LogP contribution is 2.20. The van der Waals surface area contributed by atoms with E-state index < -0.39 is 0 Å². The van der Waals surface area contributed by atoms with Crippen LogP contribution in [0.15, 0.2) is 36.5 Å². The van der Waals surface area contributed by atoms with Crippen molar-refractivity contribution in [1.29, 1.82) is 0 Å². The molecule has 0 spiro atoms. The van der Waals surface area contributed by atoms with Crippen LogP contribution in [0.1, 0.15) is 41.6 Å². The fraction of sp³-hybridized carbons (Fsp3) is 0.389. The molecule has 1 saturated heterocycles. The third-order valence-electron chi connectivity index (χ3n) is 3.72. The van der Waals surface area contributed by atoms with Gasteiger partial charge in [-0.3, -0.25) is 4.79 Å². The fourth-order valence-electron chi connectivity index (χ4n) is 2.24. The molecule has 1 aliphatic rings. The molecule has 6 heteroatoms. The molecule has 2 aromatic rings. The monoisotopic (exact) mass is 327 g/mol. The summed E-state index contributed by atoms with van der Waals surface area (Å²) >= 11 is 0. The van der Waals surface area contributed by atoms with Gasteiger partial charge in [0, 0.05) is 5.92 Å². The highest BCUT2D eigenvalue weighted by Gasteiger charge is 2.24. The lowest BCUT2D eigenvalue weighted by Gasteiger charge is -2.26. The van der Waals surface area contributed by atoms with E-state index in [0.717, 1.165) is 5.56 Å². The Balaban J connectivity index is 1.79. The van der Waals surface area contributed by atoms with Crippen molar-refractivity contribution in [2.24, 2.45) is 0 Å². The molecular formula is C18H21N3O3. The van der Waals surface area contributed by atoms with Crippen LogP contribution in [0.2, 0.25) is 0 Å².